The van der Waals surface area contributed by atoms with Crippen LogP contribution in [0.15, 0.2) is 22.6 Å². The summed E-state index contributed by atoms with van der Waals surface area (Å²) in [5.74, 6) is 0.232. The van der Waals surface area contributed by atoms with Crippen LogP contribution in [-0.2, 0) is 0 Å². The second kappa shape index (κ2) is 5.00. The summed E-state index contributed by atoms with van der Waals surface area (Å²) in [4.78, 5) is 16.0. The van der Waals surface area contributed by atoms with Gasteiger partial charge in [-0.1, -0.05) is 23.2 Å². The van der Waals surface area contributed by atoms with Crippen molar-refractivity contribution >= 4 is 34.8 Å². The van der Waals surface area contributed by atoms with Crippen LogP contribution in [0.1, 0.15) is 22.1 Å². The molecule has 1 aromatic carbocycles. The number of carbonyl (C=O) groups is 1. The van der Waals surface area contributed by atoms with Crippen LogP contribution in [0.25, 0.3) is 0 Å². The molecule has 0 unspecified atom stereocenters. The molecule has 0 saturated heterocycles. The second-order valence-electron chi connectivity index (χ2n) is 3.73. The number of aromatic nitrogens is 1. The summed E-state index contributed by atoms with van der Waals surface area (Å²) in [6.45, 7) is 3.38. The standard InChI is InChI=1S/C12H10Cl2N2O2/c1-6-11(18-7(2)15-6)12(17)16-10-4-3-8(13)5-9(10)14/h3-5H,1-2H3,(H,16,17). The van der Waals surface area contributed by atoms with E-state index in [1.165, 1.54) is 0 Å². The van der Waals surface area contributed by atoms with Crippen LogP contribution in [0.2, 0.25) is 10.0 Å². The van der Waals surface area contributed by atoms with Gasteiger partial charge in [-0.3, -0.25) is 4.79 Å². The highest BCUT2D eigenvalue weighted by Gasteiger charge is 2.16. The van der Waals surface area contributed by atoms with Gasteiger partial charge in [0.25, 0.3) is 5.91 Å². The Morgan fingerprint density at radius 2 is 2.06 bits per heavy atom. The van der Waals surface area contributed by atoms with Gasteiger partial charge in [0.2, 0.25) is 5.76 Å². The number of halogens is 2. The zero-order valence-electron chi connectivity index (χ0n) is 9.75. The van der Waals surface area contributed by atoms with E-state index in [0.29, 0.717) is 27.3 Å². The number of anilines is 1. The number of aryl methyl sites for hydroxylation is 2. The molecule has 1 amide bonds. The molecule has 0 bridgehead atoms. The van der Waals surface area contributed by atoms with E-state index in [-0.39, 0.29) is 5.76 Å². The first-order valence-electron chi connectivity index (χ1n) is 5.18. The van der Waals surface area contributed by atoms with E-state index in [1.54, 1.807) is 32.0 Å². The van der Waals surface area contributed by atoms with E-state index in [1.807, 2.05) is 0 Å². The molecule has 6 heteroatoms. The van der Waals surface area contributed by atoms with E-state index in [2.05, 4.69) is 10.3 Å². The number of carbonyl (C=O) groups excluding carboxylic acids is 1. The van der Waals surface area contributed by atoms with E-state index >= 15 is 0 Å². The van der Waals surface area contributed by atoms with Crippen LogP contribution >= 0.6 is 23.2 Å². The van der Waals surface area contributed by atoms with Gasteiger partial charge in [-0.25, -0.2) is 4.98 Å². The Bertz CT molecular complexity index is 608. The fourth-order valence-corrected chi connectivity index (χ4v) is 1.97. The third-order valence-electron chi connectivity index (χ3n) is 2.29. The van der Waals surface area contributed by atoms with Crippen molar-refractivity contribution in [3.8, 4) is 0 Å². The first kappa shape index (κ1) is 12.9. The minimum Gasteiger partial charge on any atom is -0.436 e. The molecule has 0 radical (unpaired) electrons. The lowest BCUT2D eigenvalue weighted by Gasteiger charge is -2.05. The highest BCUT2D eigenvalue weighted by molar-refractivity contribution is 6.36. The summed E-state index contributed by atoms with van der Waals surface area (Å²) in [6, 6.07) is 4.82. The van der Waals surface area contributed by atoms with Crippen molar-refractivity contribution in [2.75, 3.05) is 5.32 Å². The van der Waals surface area contributed by atoms with Gasteiger partial charge in [-0.05, 0) is 25.1 Å². The third kappa shape index (κ3) is 2.66. The lowest BCUT2D eigenvalue weighted by atomic mass is 10.3. The molecule has 1 heterocycles. The summed E-state index contributed by atoms with van der Waals surface area (Å²) < 4.78 is 5.22. The Balaban J connectivity index is 2.24. The van der Waals surface area contributed by atoms with Crippen molar-refractivity contribution in [3.63, 3.8) is 0 Å². The number of hydrogen-bond donors (Lipinski definition) is 1. The molecule has 0 atom stereocenters. The fraction of sp³-hybridized carbons (Fsp3) is 0.167. The van der Waals surface area contributed by atoms with E-state index < -0.39 is 5.91 Å². The zero-order chi connectivity index (χ0) is 13.3. The van der Waals surface area contributed by atoms with Gasteiger partial charge in [-0.15, -0.1) is 0 Å². The Kier molecular flexibility index (Phi) is 3.59. The molecule has 0 saturated carbocycles. The van der Waals surface area contributed by atoms with Crippen molar-refractivity contribution in [2.24, 2.45) is 0 Å². The van der Waals surface area contributed by atoms with Gasteiger partial charge in [0.05, 0.1) is 16.4 Å². The Labute approximate surface area is 114 Å². The van der Waals surface area contributed by atoms with Crippen molar-refractivity contribution in [1.82, 2.24) is 4.98 Å². The van der Waals surface area contributed by atoms with Gasteiger partial charge >= 0.3 is 0 Å². The zero-order valence-corrected chi connectivity index (χ0v) is 11.3. The van der Waals surface area contributed by atoms with Crippen LogP contribution in [-0.4, -0.2) is 10.9 Å². The van der Waals surface area contributed by atoms with Crippen LogP contribution in [0, 0.1) is 13.8 Å². The maximum Gasteiger partial charge on any atom is 0.293 e. The SMILES string of the molecule is Cc1nc(C)c(C(=O)Nc2ccc(Cl)cc2Cl)o1. The number of rotatable bonds is 2. The lowest BCUT2D eigenvalue weighted by Crippen LogP contribution is -2.12. The molecule has 0 aliphatic carbocycles. The smallest absolute Gasteiger partial charge is 0.293 e. The molecule has 94 valence electrons. The van der Waals surface area contributed by atoms with Crippen molar-refractivity contribution in [2.45, 2.75) is 13.8 Å². The molecule has 0 aliphatic rings. The molecular weight excluding hydrogens is 275 g/mol. The first-order valence-corrected chi connectivity index (χ1v) is 5.93. The van der Waals surface area contributed by atoms with Crippen LogP contribution in [0.5, 0.6) is 0 Å². The number of nitrogens with one attached hydrogen (secondary N) is 1. The van der Waals surface area contributed by atoms with Crippen molar-refractivity contribution < 1.29 is 9.21 Å². The first-order chi connectivity index (χ1) is 8.47. The lowest BCUT2D eigenvalue weighted by molar-refractivity contribution is 0.0994. The number of hydrogen-bond acceptors (Lipinski definition) is 3. The highest BCUT2D eigenvalue weighted by Crippen LogP contribution is 2.26. The van der Waals surface area contributed by atoms with Gasteiger partial charge in [-0.2, -0.15) is 0 Å². The molecule has 0 spiro atoms. The van der Waals surface area contributed by atoms with E-state index in [4.69, 9.17) is 27.6 Å². The van der Waals surface area contributed by atoms with Gasteiger partial charge in [0, 0.05) is 11.9 Å². The predicted octanol–water partition coefficient (Wildman–Crippen LogP) is 3.85. The normalized spacial score (nSPS) is 10.4. The minimum absolute atomic E-state index is 0.179. The molecule has 0 aliphatic heterocycles. The number of amides is 1. The van der Waals surface area contributed by atoms with Crippen LogP contribution < -0.4 is 5.32 Å². The topological polar surface area (TPSA) is 55.1 Å². The summed E-state index contributed by atoms with van der Waals surface area (Å²) in [5.41, 5.74) is 1.01. The minimum atomic E-state index is -0.391. The van der Waals surface area contributed by atoms with Gasteiger partial charge in [0.15, 0.2) is 5.89 Å². The molecule has 2 aromatic rings. The highest BCUT2D eigenvalue weighted by atomic mass is 35.5. The monoisotopic (exact) mass is 284 g/mol. The fourth-order valence-electron chi connectivity index (χ4n) is 1.51. The molecule has 0 fully saturated rings. The Morgan fingerprint density at radius 1 is 1.33 bits per heavy atom. The van der Waals surface area contributed by atoms with Gasteiger partial charge < -0.3 is 9.73 Å². The second-order valence-corrected chi connectivity index (χ2v) is 4.57. The molecule has 1 N–H and O–H groups in total. The summed E-state index contributed by atoms with van der Waals surface area (Å²) in [7, 11) is 0. The Morgan fingerprint density at radius 3 is 2.61 bits per heavy atom. The van der Waals surface area contributed by atoms with Crippen molar-refractivity contribution in [1.29, 1.82) is 0 Å². The van der Waals surface area contributed by atoms with Crippen LogP contribution in [0.3, 0.4) is 0 Å². The molecule has 2 rings (SSSR count). The number of oxazole rings is 1. The molecule has 18 heavy (non-hydrogen) atoms. The third-order valence-corrected chi connectivity index (χ3v) is 2.84. The van der Waals surface area contributed by atoms with Gasteiger partial charge in [0.1, 0.15) is 0 Å². The van der Waals surface area contributed by atoms with Crippen molar-refractivity contribution in [3.05, 3.63) is 45.6 Å². The number of nitrogens with zero attached hydrogens (tertiary/aromatic N) is 1. The maximum absolute atomic E-state index is 11.9. The molecule has 1 aromatic heterocycles. The Hall–Kier alpha value is -1.52. The number of benzene rings is 1. The molecular formula is C12H10Cl2N2O2. The average molecular weight is 285 g/mol. The quantitative estimate of drug-likeness (QED) is 0.911. The van der Waals surface area contributed by atoms with E-state index in [9.17, 15) is 4.79 Å². The maximum atomic E-state index is 11.9. The van der Waals surface area contributed by atoms with E-state index in [0.717, 1.165) is 0 Å². The summed E-state index contributed by atoms with van der Waals surface area (Å²) in [5, 5.41) is 3.51. The largest absolute Gasteiger partial charge is 0.436 e. The van der Waals surface area contributed by atoms with Crippen LogP contribution in [0.4, 0.5) is 5.69 Å². The molecule has 4 nitrogen and oxygen atoms in total. The summed E-state index contributed by atoms with van der Waals surface area (Å²) >= 11 is 11.7. The predicted molar refractivity (Wildman–Crippen MR) is 70.4 cm³/mol. The average Bonchev–Trinajstić information content (AvgIpc) is 2.62. The summed E-state index contributed by atoms with van der Waals surface area (Å²) in [6.07, 6.45) is 0.